The molecule has 2 rings (SSSR count). The van der Waals surface area contributed by atoms with Gasteiger partial charge in [0.25, 0.3) is 0 Å². The highest BCUT2D eigenvalue weighted by molar-refractivity contribution is 6.05. The van der Waals surface area contributed by atoms with Gasteiger partial charge in [-0.25, -0.2) is 4.79 Å². The van der Waals surface area contributed by atoms with Crippen LogP contribution in [0.4, 0.5) is 21.9 Å². The monoisotopic (exact) mass is 281 g/mol. The van der Waals surface area contributed by atoms with Crippen LogP contribution in [0.5, 0.6) is 0 Å². The van der Waals surface area contributed by atoms with Gasteiger partial charge in [-0.15, -0.1) is 0 Å². The molecular weight excluding hydrogens is 266 g/mol. The fraction of sp³-hybridized carbons (Fsp3) is 0. The highest BCUT2D eigenvalue weighted by Gasteiger charge is 2.07. The van der Waals surface area contributed by atoms with Crippen LogP contribution in [0.2, 0.25) is 0 Å². The SMILES string of the molecule is C=CC(=O)Nc1ccccc1NC(=O)Nc1ccccc1. The van der Waals surface area contributed by atoms with Crippen molar-refractivity contribution in [1.29, 1.82) is 0 Å². The molecule has 3 amide bonds. The van der Waals surface area contributed by atoms with Crippen LogP contribution in [0.1, 0.15) is 0 Å². The van der Waals surface area contributed by atoms with Gasteiger partial charge < -0.3 is 16.0 Å². The molecule has 0 saturated heterocycles. The third-order valence-corrected chi connectivity index (χ3v) is 2.65. The fourth-order valence-electron chi connectivity index (χ4n) is 1.69. The second-order valence-corrected chi connectivity index (χ2v) is 4.18. The molecule has 5 nitrogen and oxygen atoms in total. The molecule has 0 spiro atoms. The first-order valence-corrected chi connectivity index (χ1v) is 6.34. The van der Waals surface area contributed by atoms with Gasteiger partial charge in [0.1, 0.15) is 0 Å². The zero-order chi connectivity index (χ0) is 15.1. The minimum Gasteiger partial charge on any atom is -0.321 e. The summed E-state index contributed by atoms with van der Waals surface area (Å²) in [5, 5.41) is 8.02. The molecule has 5 heteroatoms. The molecule has 0 heterocycles. The van der Waals surface area contributed by atoms with E-state index in [1.165, 1.54) is 6.08 Å². The fourth-order valence-corrected chi connectivity index (χ4v) is 1.69. The summed E-state index contributed by atoms with van der Waals surface area (Å²) in [4.78, 5) is 23.3. The minimum atomic E-state index is -0.387. The number of amides is 3. The smallest absolute Gasteiger partial charge is 0.321 e. The van der Waals surface area contributed by atoms with E-state index >= 15 is 0 Å². The molecule has 0 aliphatic rings. The number of nitrogens with one attached hydrogen (secondary N) is 3. The van der Waals surface area contributed by atoms with Gasteiger partial charge in [-0.2, -0.15) is 0 Å². The molecular formula is C16H15N3O2. The van der Waals surface area contributed by atoms with Gasteiger partial charge in [0, 0.05) is 5.69 Å². The van der Waals surface area contributed by atoms with Crippen LogP contribution in [0.25, 0.3) is 0 Å². The van der Waals surface area contributed by atoms with Gasteiger partial charge >= 0.3 is 6.03 Å². The Kier molecular flexibility index (Phi) is 4.71. The van der Waals surface area contributed by atoms with Crippen molar-refractivity contribution in [1.82, 2.24) is 0 Å². The quantitative estimate of drug-likeness (QED) is 0.751. The van der Waals surface area contributed by atoms with Crippen molar-refractivity contribution < 1.29 is 9.59 Å². The van der Waals surface area contributed by atoms with E-state index in [-0.39, 0.29) is 11.9 Å². The van der Waals surface area contributed by atoms with Crippen molar-refractivity contribution in [2.45, 2.75) is 0 Å². The highest BCUT2D eigenvalue weighted by Crippen LogP contribution is 2.21. The Labute approximate surface area is 122 Å². The molecule has 2 aromatic carbocycles. The highest BCUT2D eigenvalue weighted by atomic mass is 16.2. The predicted octanol–water partition coefficient (Wildman–Crippen LogP) is 3.46. The number of rotatable bonds is 4. The molecule has 0 unspecified atom stereocenters. The zero-order valence-electron chi connectivity index (χ0n) is 11.3. The van der Waals surface area contributed by atoms with Gasteiger partial charge in [-0.3, -0.25) is 4.79 Å². The Morgan fingerprint density at radius 3 is 2.00 bits per heavy atom. The second-order valence-electron chi connectivity index (χ2n) is 4.18. The van der Waals surface area contributed by atoms with E-state index in [2.05, 4.69) is 22.5 Å². The zero-order valence-corrected chi connectivity index (χ0v) is 11.3. The summed E-state index contributed by atoms with van der Waals surface area (Å²) in [7, 11) is 0. The number of hydrogen-bond donors (Lipinski definition) is 3. The Balaban J connectivity index is 2.07. The Hall–Kier alpha value is -3.08. The van der Waals surface area contributed by atoms with Crippen molar-refractivity contribution >= 4 is 29.0 Å². The molecule has 3 N–H and O–H groups in total. The number of urea groups is 1. The Bertz CT molecular complexity index is 654. The van der Waals surface area contributed by atoms with Crippen molar-refractivity contribution in [3.05, 3.63) is 67.3 Å². The van der Waals surface area contributed by atoms with Crippen molar-refractivity contribution in [3.63, 3.8) is 0 Å². The standard InChI is InChI=1S/C16H15N3O2/c1-2-15(20)18-13-10-6-7-11-14(13)19-16(21)17-12-8-4-3-5-9-12/h2-11H,1H2,(H,18,20)(H2,17,19,21). The maximum Gasteiger partial charge on any atom is 0.323 e. The first-order chi connectivity index (χ1) is 10.2. The van der Waals surface area contributed by atoms with Gasteiger partial charge in [-0.1, -0.05) is 36.9 Å². The molecule has 2 aromatic rings. The molecule has 0 saturated carbocycles. The maximum absolute atomic E-state index is 11.9. The van der Waals surface area contributed by atoms with Gasteiger partial charge in [0.2, 0.25) is 5.91 Å². The van der Waals surface area contributed by atoms with E-state index in [1.54, 1.807) is 36.4 Å². The number of para-hydroxylation sites is 3. The van der Waals surface area contributed by atoms with Crippen LogP contribution in [0.3, 0.4) is 0 Å². The van der Waals surface area contributed by atoms with Crippen LogP contribution in [-0.2, 0) is 4.79 Å². The first-order valence-electron chi connectivity index (χ1n) is 6.34. The van der Waals surface area contributed by atoms with E-state index < -0.39 is 0 Å². The van der Waals surface area contributed by atoms with E-state index in [0.29, 0.717) is 17.1 Å². The third kappa shape index (κ3) is 4.21. The minimum absolute atomic E-state index is 0.340. The molecule has 0 aromatic heterocycles. The molecule has 106 valence electrons. The predicted molar refractivity (Wildman–Crippen MR) is 84.4 cm³/mol. The van der Waals surface area contributed by atoms with Gasteiger partial charge in [0.05, 0.1) is 11.4 Å². The van der Waals surface area contributed by atoms with Crippen LogP contribution in [0.15, 0.2) is 67.3 Å². The number of carbonyl (C=O) groups is 2. The number of carbonyl (C=O) groups excluding carboxylic acids is 2. The summed E-state index contributed by atoms with van der Waals surface area (Å²) in [6, 6.07) is 15.6. The lowest BCUT2D eigenvalue weighted by Crippen LogP contribution is -2.20. The van der Waals surface area contributed by atoms with Crippen LogP contribution >= 0.6 is 0 Å². The molecule has 0 bridgehead atoms. The van der Waals surface area contributed by atoms with Crippen LogP contribution < -0.4 is 16.0 Å². The van der Waals surface area contributed by atoms with Gasteiger partial charge in [0.15, 0.2) is 0 Å². The first kappa shape index (κ1) is 14.3. The molecule has 0 fully saturated rings. The van der Waals surface area contributed by atoms with Gasteiger partial charge in [-0.05, 0) is 30.3 Å². The molecule has 0 atom stereocenters. The lowest BCUT2D eigenvalue weighted by atomic mass is 10.2. The van der Waals surface area contributed by atoms with E-state index in [9.17, 15) is 9.59 Å². The lowest BCUT2D eigenvalue weighted by molar-refractivity contribution is -0.111. The van der Waals surface area contributed by atoms with E-state index in [0.717, 1.165) is 0 Å². The number of benzene rings is 2. The van der Waals surface area contributed by atoms with Crippen LogP contribution in [0, 0.1) is 0 Å². The van der Waals surface area contributed by atoms with Crippen molar-refractivity contribution in [2.24, 2.45) is 0 Å². The van der Waals surface area contributed by atoms with E-state index in [4.69, 9.17) is 0 Å². The number of anilines is 3. The number of hydrogen-bond acceptors (Lipinski definition) is 2. The van der Waals surface area contributed by atoms with E-state index in [1.807, 2.05) is 18.2 Å². The topological polar surface area (TPSA) is 70.2 Å². The second kappa shape index (κ2) is 6.91. The summed E-state index contributed by atoms with van der Waals surface area (Å²) >= 11 is 0. The summed E-state index contributed by atoms with van der Waals surface area (Å²) in [6.45, 7) is 3.39. The molecule has 0 radical (unpaired) electrons. The Morgan fingerprint density at radius 2 is 1.38 bits per heavy atom. The summed E-state index contributed by atoms with van der Waals surface area (Å²) < 4.78 is 0. The average molecular weight is 281 g/mol. The third-order valence-electron chi connectivity index (χ3n) is 2.65. The van der Waals surface area contributed by atoms with Crippen LogP contribution in [-0.4, -0.2) is 11.9 Å². The van der Waals surface area contributed by atoms with Crippen molar-refractivity contribution in [3.8, 4) is 0 Å². The maximum atomic E-state index is 11.9. The average Bonchev–Trinajstić information content (AvgIpc) is 2.50. The lowest BCUT2D eigenvalue weighted by Gasteiger charge is -2.12. The normalized spacial score (nSPS) is 9.52. The summed E-state index contributed by atoms with van der Waals surface area (Å²) in [5.74, 6) is -0.340. The molecule has 0 aliphatic heterocycles. The molecule has 21 heavy (non-hydrogen) atoms. The summed E-state index contributed by atoms with van der Waals surface area (Å²) in [5.41, 5.74) is 1.69. The summed E-state index contributed by atoms with van der Waals surface area (Å²) in [6.07, 6.45) is 1.17. The molecule has 0 aliphatic carbocycles. The van der Waals surface area contributed by atoms with Crippen molar-refractivity contribution in [2.75, 3.05) is 16.0 Å². The Morgan fingerprint density at radius 1 is 0.810 bits per heavy atom. The largest absolute Gasteiger partial charge is 0.323 e.